The first-order valence-corrected chi connectivity index (χ1v) is 6.75. The number of thiophene rings is 1. The Morgan fingerprint density at radius 3 is 2.59 bits per heavy atom. The van der Waals surface area contributed by atoms with Gasteiger partial charge in [0.15, 0.2) is 0 Å². The van der Waals surface area contributed by atoms with Crippen LogP contribution in [0, 0.1) is 0 Å². The van der Waals surface area contributed by atoms with E-state index in [9.17, 15) is 0 Å². The lowest BCUT2D eigenvalue weighted by molar-refractivity contribution is 0.274. The first-order chi connectivity index (χ1) is 8.29. The molecule has 0 amide bonds. The van der Waals surface area contributed by atoms with Crippen LogP contribution in [0.2, 0.25) is 0 Å². The van der Waals surface area contributed by atoms with Gasteiger partial charge < -0.3 is 5.73 Å². The molecule has 0 fully saturated rings. The van der Waals surface area contributed by atoms with Crippen LogP contribution in [0.1, 0.15) is 17.4 Å². The highest BCUT2D eigenvalue weighted by Crippen LogP contribution is 2.17. The van der Waals surface area contributed by atoms with Crippen LogP contribution in [0.3, 0.4) is 0 Å². The molecule has 2 N–H and O–H groups in total. The van der Waals surface area contributed by atoms with E-state index >= 15 is 0 Å². The quantitative estimate of drug-likeness (QED) is 0.820. The molecule has 1 aromatic carbocycles. The van der Waals surface area contributed by atoms with Crippen LogP contribution in [0.4, 0.5) is 5.69 Å². The smallest absolute Gasteiger partial charge is 0.0359 e. The van der Waals surface area contributed by atoms with Crippen molar-refractivity contribution in [2.75, 3.05) is 12.3 Å². The number of benzene rings is 1. The standard InChI is InChI=1S/C14H18N2S/c1-2-16(11-13-7-5-9-17-13)10-12-6-3-4-8-14(12)15/h3-9H,2,10-11,15H2,1H3. The van der Waals surface area contributed by atoms with Gasteiger partial charge in [-0.15, -0.1) is 11.3 Å². The van der Waals surface area contributed by atoms with Gasteiger partial charge in [0.2, 0.25) is 0 Å². The van der Waals surface area contributed by atoms with Crippen LogP contribution in [0.5, 0.6) is 0 Å². The summed E-state index contributed by atoms with van der Waals surface area (Å²) in [4.78, 5) is 3.80. The van der Waals surface area contributed by atoms with E-state index in [2.05, 4.69) is 35.4 Å². The molecule has 17 heavy (non-hydrogen) atoms. The average molecular weight is 246 g/mol. The number of nitrogens with two attached hydrogens (primary N) is 1. The number of nitrogen functional groups attached to an aromatic ring is 1. The lowest BCUT2D eigenvalue weighted by Crippen LogP contribution is -2.22. The van der Waals surface area contributed by atoms with E-state index in [1.807, 2.05) is 29.5 Å². The van der Waals surface area contributed by atoms with Gasteiger partial charge in [0.1, 0.15) is 0 Å². The Balaban J connectivity index is 2.03. The normalized spacial score (nSPS) is 10.9. The maximum Gasteiger partial charge on any atom is 0.0359 e. The van der Waals surface area contributed by atoms with Crippen LogP contribution in [-0.2, 0) is 13.1 Å². The predicted octanol–water partition coefficient (Wildman–Crippen LogP) is 3.35. The zero-order chi connectivity index (χ0) is 12.1. The Hall–Kier alpha value is -1.32. The molecule has 1 aromatic heterocycles. The molecule has 0 aliphatic carbocycles. The molecule has 0 bridgehead atoms. The molecule has 0 aliphatic heterocycles. The Bertz CT molecular complexity index is 451. The largest absolute Gasteiger partial charge is 0.398 e. The SMILES string of the molecule is CCN(Cc1cccs1)Cc1ccccc1N. The van der Waals surface area contributed by atoms with Crippen molar-refractivity contribution in [2.24, 2.45) is 0 Å². The van der Waals surface area contributed by atoms with Gasteiger partial charge in [-0.1, -0.05) is 31.2 Å². The summed E-state index contributed by atoms with van der Waals surface area (Å²) in [6, 6.07) is 12.4. The summed E-state index contributed by atoms with van der Waals surface area (Å²) in [6.07, 6.45) is 0. The molecule has 0 radical (unpaired) electrons. The van der Waals surface area contributed by atoms with Gasteiger partial charge in [0.05, 0.1) is 0 Å². The summed E-state index contributed by atoms with van der Waals surface area (Å²) >= 11 is 1.81. The van der Waals surface area contributed by atoms with Crippen molar-refractivity contribution in [1.82, 2.24) is 4.90 Å². The Kier molecular flexibility index (Phi) is 4.18. The maximum atomic E-state index is 5.97. The average Bonchev–Trinajstić information content (AvgIpc) is 2.84. The molecule has 2 nitrogen and oxygen atoms in total. The van der Waals surface area contributed by atoms with E-state index in [1.165, 1.54) is 10.4 Å². The molecule has 3 heteroatoms. The molecule has 0 atom stereocenters. The van der Waals surface area contributed by atoms with E-state index in [1.54, 1.807) is 0 Å². The molecule has 2 aromatic rings. The number of para-hydroxylation sites is 1. The summed E-state index contributed by atoms with van der Waals surface area (Å²) in [7, 11) is 0. The van der Waals surface area contributed by atoms with Crippen molar-refractivity contribution in [3.63, 3.8) is 0 Å². The number of nitrogens with zero attached hydrogens (tertiary/aromatic N) is 1. The van der Waals surface area contributed by atoms with E-state index in [0.29, 0.717) is 0 Å². The van der Waals surface area contributed by atoms with Gasteiger partial charge in [-0.25, -0.2) is 0 Å². The molecule has 0 spiro atoms. The first kappa shape index (κ1) is 12.1. The molecule has 1 heterocycles. The molecular formula is C14H18N2S. The van der Waals surface area contributed by atoms with Crippen molar-refractivity contribution in [1.29, 1.82) is 0 Å². The summed E-state index contributed by atoms with van der Waals surface area (Å²) in [6.45, 7) is 5.14. The second kappa shape index (κ2) is 5.84. The van der Waals surface area contributed by atoms with Gasteiger partial charge >= 0.3 is 0 Å². The minimum atomic E-state index is 0.886. The number of hydrogen-bond acceptors (Lipinski definition) is 3. The summed E-state index contributed by atoms with van der Waals surface area (Å²) in [5.41, 5.74) is 8.07. The summed E-state index contributed by atoms with van der Waals surface area (Å²) in [5.74, 6) is 0. The molecule has 0 saturated heterocycles. The zero-order valence-corrected chi connectivity index (χ0v) is 10.9. The van der Waals surface area contributed by atoms with Gasteiger partial charge in [0, 0.05) is 23.7 Å². The molecule has 0 saturated carbocycles. The van der Waals surface area contributed by atoms with E-state index < -0.39 is 0 Å². The van der Waals surface area contributed by atoms with Crippen molar-refractivity contribution in [2.45, 2.75) is 20.0 Å². The number of anilines is 1. The summed E-state index contributed by atoms with van der Waals surface area (Å²) < 4.78 is 0. The highest BCUT2D eigenvalue weighted by Gasteiger charge is 2.07. The first-order valence-electron chi connectivity index (χ1n) is 5.87. The van der Waals surface area contributed by atoms with Gasteiger partial charge in [-0.3, -0.25) is 4.90 Å². The highest BCUT2D eigenvalue weighted by molar-refractivity contribution is 7.09. The maximum absolute atomic E-state index is 5.97. The number of rotatable bonds is 5. The fourth-order valence-corrected chi connectivity index (χ4v) is 2.57. The minimum Gasteiger partial charge on any atom is -0.398 e. The lowest BCUT2D eigenvalue weighted by atomic mass is 10.1. The third-order valence-electron chi connectivity index (χ3n) is 2.86. The van der Waals surface area contributed by atoms with Gasteiger partial charge in [-0.05, 0) is 29.6 Å². The van der Waals surface area contributed by atoms with Crippen molar-refractivity contribution in [3.05, 3.63) is 52.2 Å². The van der Waals surface area contributed by atoms with Crippen LogP contribution in [-0.4, -0.2) is 11.4 Å². The second-order valence-corrected chi connectivity index (χ2v) is 5.11. The molecular weight excluding hydrogens is 228 g/mol. The van der Waals surface area contributed by atoms with Crippen molar-refractivity contribution < 1.29 is 0 Å². The fraction of sp³-hybridized carbons (Fsp3) is 0.286. The summed E-state index contributed by atoms with van der Waals surface area (Å²) in [5, 5.41) is 2.13. The minimum absolute atomic E-state index is 0.886. The van der Waals surface area contributed by atoms with Crippen molar-refractivity contribution >= 4 is 17.0 Å². The van der Waals surface area contributed by atoms with Crippen molar-refractivity contribution in [3.8, 4) is 0 Å². The topological polar surface area (TPSA) is 29.3 Å². The van der Waals surface area contributed by atoms with Gasteiger partial charge in [0.25, 0.3) is 0 Å². The van der Waals surface area contributed by atoms with Gasteiger partial charge in [-0.2, -0.15) is 0 Å². The molecule has 90 valence electrons. The monoisotopic (exact) mass is 246 g/mol. The van der Waals surface area contributed by atoms with E-state index in [0.717, 1.165) is 25.3 Å². The fourth-order valence-electron chi connectivity index (χ4n) is 1.82. The third-order valence-corrected chi connectivity index (χ3v) is 3.72. The lowest BCUT2D eigenvalue weighted by Gasteiger charge is -2.20. The Morgan fingerprint density at radius 1 is 1.12 bits per heavy atom. The zero-order valence-electron chi connectivity index (χ0n) is 10.1. The second-order valence-electron chi connectivity index (χ2n) is 4.08. The van der Waals surface area contributed by atoms with Crippen LogP contribution in [0.15, 0.2) is 41.8 Å². The van der Waals surface area contributed by atoms with E-state index in [4.69, 9.17) is 5.73 Å². The molecule has 0 unspecified atom stereocenters. The molecule has 2 rings (SSSR count). The highest BCUT2D eigenvalue weighted by atomic mass is 32.1. The predicted molar refractivity (Wildman–Crippen MR) is 75.0 cm³/mol. The van der Waals surface area contributed by atoms with Crippen LogP contribution >= 0.6 is 11.3 Å². The van der Waals surface area contributed by atoms with Crippen LogP contribution in [0.25, 0.3) is 0 Å². The third kappa shape index (κ3) is 3.32. The Labute approximate surface area is 107 Å². The molecule has 0 aliphatic rings. The Morgan fingerprint density at radius 2 is 1.94 bits per heavy atom. The number of hydrogen-bond donors (Lipinski definition) is 1. The van der Waals surface area contributed by atoms with Crippen LogP contribution < -0.4 is 5.73 Å². The van der Waals surface area contributed by atoms with E-state index in [-0.39, 0.29) is 0 Å².